The number of amides is 1. The normalized spacial score (nSPS) is 29.0. The third kappa shape index (κ3) is 3.69. The van der Waals surface area contributed by atoms with Crippen molar-refractivity contribution >= 4 is 6.09 Å². The molecule has 0 bridgehead atoms. The fourth-order valence-electron chi connectivity index (χ4n) is 4.82. The molecule has 1 aromatic rings. The first-order valence-electron chi connectivity index (χ1n) is 9.29. The van der Waals surface area contributed by atoms with Crippen LogP contribution in [0.2, 0.25) is 0 Å². The smallest absolute Gasteiger partial charge is 0.405 e. The second-order valence-electron chi connectivity index (χ2n) is 7.47. The van der Waals surface area contributed by atoms with Crippen LogP contribution in [-0.4, -0.2) is 35.5 Å². The number of carboxylic acid groups (broad SMARTS) is 1. The Morgan fingerprint density at radius 3 is 2.46 bits per heavy atom. The van der Waals surface area contributed by atoms with Gasteiger partial charge in [0.05, 0.1) is 11.6 Å². The molecule has 1 amide bonds. The average Bonchev–Trinajstić information content (AvgIpc) is 2.61. The van der Waals surface area contributed by atoms with Crippen molar-refractivity contribution in [3.63, 3.8) is 0 Å². The summed E-state index contributed by atoms with van der Waals surface area (Å²) in [4.78, 5) is 11.7. The van der Waals surface area contributed by atoms with E-state index in [4.69, 9.17) is 0 Å². The summed E-state index contributed by atoms with van der Waals surface area (Å²) in [5.41, 5.74) is -0.937. The van der Waals surface area contributed by atoms with Crippen molar-refractivity contribution in [1.29, 1.82) is 0 Å². The number of hydrogen-bond acceptors (Lipinski definition) is 3. The van der Waals surface area contributed by atoms with E-state index in [0.29, 0.717) is 32.2 Å². The molecule has 7 heteroatoms. The van der Waals surface area contributed by atoms with Crippen molar-refractivity contribution in [1.82, 2.24) is 10.6 Å². The van der Waals surface area contributed by atoms with E-state index in [1.165, 1.54) is 12.1 Å². The number of benzene rings is 1. The lowest BCUT2D eigenvalue weighted by molar-refractivity contribution is 0.0316. The molecule has 1 aromatic carbocycles. The average molecular weight is 368 g/mol. The molecule has 1 aliphatic heterocycles. The topological polar surface area (TPSA) is 81.6 Å². The summed E-state index contributed by atoms with van der Waals surface area (Å²) in [5, 5.41) is 25.4. The minimum Gasteiger partial charge on any atom is -0.465 e. The van der Waals surface area contributed by atoms with Gasteiger partial charge in [-0.25, -0.2) is 13.6 Å². The summed E-state index contributed by atoms with van der Waals surface area (Å²) in [5.74, 6) is -1.72. The first-order valence-corrected chi connectivity index (χ1v) is 9.29. The van der Waals surface area contributed by atoms with E-state index in [1.54, 1.807) is 0 Å². The van der Waals surface area contributed by atoms with Crippen LogP contribution in [0.1, 0.15) is 44.1 Å². The van der Waals surface area contributed by atoms with Gasteiger partial charge in [-0.3, -0.25) is 0 Å². The van der Waals surface area contributed by atoms with Gasteiger partial charge in [0.1, 0.15) is 11.6 Å². The van der Waals surface area contributed by atoms with E-state index < -0.39 is 29.4 Å². The summed E-state index contributed by atoms with van der Waals surface area (Å²) in [6.07, 6.45) is 2.29. The van der Waals surface area contributed by atoms with Gasteiger partial charge in [-0.2, -0.15) is 0 Å². The number of aliphatic hydroxyl groups is 1. The Kier molecular flexibility index (Phi) is 5.77. The molecule has 2 atom stereocenters. The van der Waals surface area contributed by atoms with Crippen LogP contribution in [0.15, 0.2) is 18.2 Å². The van der Waals surface area contributed by atoms with Crippen LogP contribution in [0.25, 0.3) is 0 Å². The zero-order valence-electron chi connectivity index (χ0n) is 14.7. The Morgan fingerprint density at radius 1 is 1.15 bits per heavy atom. The van der Waals surface area contributed by atoms with Crippen molar-refractivity contribution in [3.8, 4) is 0 Å². The third-order valence-electron chi connectivity index (χ3n) is 5.97. The highest BCUT2D eigenvalue weighted by Gasteiger charge is 2.50. The molecule has 2 fully saturated rings. The largest absolute Gasteiger partial charge is 0.465 e. The van der Waals surface area contributed by atoms with Gasteiger partial charge in [-0.05, 0) is 63.0 Å². The molecular formula is C19H26F2N2O3. The fourth-order valence-corrected chi connectivity index (χ4v) is 4.82. The first kappa shape index (κ1) is 19.0. The summed E-state index contributed by atoms with van der Waals surface area (Å²) in [7, 11) is 0. The van der Waals surface area contributed by atoms with Crippen LogP contribution in [0.5, 0.6) is 0 Å². The van der Waals surface area contributed by atoms with Crippen molar-refractivity contribution in [2.45, 2.75) is 50.2 Å². The predicted octanol–water partition coefficient (Wildman–Crippen LogP) is 2.98. The van der Waals surface area contributed by atoms with Gasteiger partial charge < -0.3 is 20.8 Å². The summed E-state index contributed by atoms with van der Waals surface area (Å²) < 4.78 is 28.4. The Balaban J connectivity index is 2.11. The lowest BCUT2D eigenvalue weighted by atomic mass is 9.62. The fraction of sp³-hybridized carbons (Fsp3) is 0.632. The molecule has 1 saturated heterocycles. The molecule has 1 heterocycles. The molecule has 26 heavy (non-hydrogen) atoms. The molecule has 5 nitrogen and oxygen atoms in total. The highest BCUT2D eigenvalue weighted by molar-refractivity contribution is 5.66. The van der Waals surface area contributed by atoms with Crippen LogP contribution in [-0.2, 0) is 5.54 Å². The number of nitrogens with one attached hydrogen (secondary N) is 2. The zero-order chi connectivity index (χ0) is 18.7. The number of piperidine rings is 1. The number of aliphatic hydroxyl groups excluding tert-OH is 1. The Bertz CT molecular complexity index is 644. The third-order valence-corrected chi connectivity index (χ3v) is 5.97. The van der Waals surface area contributed by atoms with Gasteiger partial charge in [0.25, 0.3) is 0 Å². The second-order valence-corrected chi connectivity index (χ2v) is 7.47. The van der Waals surface area contributed by atoms with Gasteiger partial charge in [-0.15, -0.1) is 0 Å². The Morgan fingerprint density at radius 2 is 1.88 bits per heavy atom. The molecule has 2 unspecified atom stereocenters. The van der Waals surface area contributed by atoms with E-state index in [1.807, 2.05) is 0 Å². The molecule has 2 aliphatic rings. The molecule has 144 valence electrons. The number of carbonyl (C=O) groups is 1. The number of halogens is 2. The maximum Gasteiger partial charge on any atom is 0.405 e. The monoisotopic (exact) mass is 368 g/mol. The van der Waals surface area contributed by atoms with Crippen molar-refractivity contribution < 1.29 is 23.8 Å². The van der Waals surface area contributed by atoms with Crippen LogP contribution in [0, 0.1) is 23.5 Å². The van der Waals surface area contributed by atoms with E-state index in [-0.39, 0.29) is 17.4 Å². The van der Waals surface area contributed by atoms with Gasteiger partial charge in [0.2, 0.25) is 0 Å². The van der Waals surface area contributed by atoms with Crippen LogP contribution < -0.4 is 10.6 Å². The number of hydrogen-bond donors (Lipinski definition) is 4. The molecule has 1 saturated carbocycles. The SMILES string of the molecule is O=C(O)NC(c1ccc(F)cc1F)(C1CCC(O)CC1)C1CCCNC1. The molecular weight excluding hydrogens is 342 g/mol. The van der Waals surface area contributed by atoms with Gasteiger partial charge in [-0.1, -0.05) is 6.07 Å². The summed E-state index contributed by atoms with van der Waals surface area (Å²) in [6, 6.07) is 3.38. The lowest BCUT2D eigenvalue weighted by Crippen LogP contribution is -2.60. The molecule has 0 spiro atoms. The van der Waals surface area contributed by atoms with Gasteiger partial charge >= 0.3 is 6.09 Å². The van der Waals surface area contributed by atoms with Gasteiger partial charge in [0, 0.05) is 18.2 Å². The minimum atomic E-state index is -1.22. The van der Waals surface area contributed by atoms with E-state index in [0.717, 1.165) is 25.5 Å². The maximum absolute atomic E-state index is 14.8. The molecule has 4 N–H and O–H groups in total. The molecule has 1 aliphatic carbocycles. The van der Waals surface area contributed by atoms with Crippen molar-refractivity contribution in [2.75, 3.05) is 13.1 Å². The van der Waals surface area contributed by atoms with E-state index in [2.05, 4.69) is 10.6 Å². The predicted molar refractivity (Wildman–Crippen MR) is 92.8 cm³/mol. The minimum absolute atomic E-state index is 0.146. The van der Waals surface area contributed by atoms with Crippen LogP contribution in [0.3, 0.4) is 0 Å². The van der Waals surface area contributed by atoms with Crippen LogP contribution in [0.4, 0.5) is 13.6 Å². The van der Waals surface area contributed by atoms with Crippen molar-refractivity contribution in [2.24, 2.45) is 11.8 Å². The standard InChI is InChI=1S/C19H26F2N2O3/c20-14-5-8-16(17(21)10-14)19(23-18(25)26,13-2-1-9-22-11-13)12-3-6-15(24)7-4-12/h5,8,10,12-13,15,22-24H,1-4,6-7,9,11H2,(H,25,26). The zero-order valence-corrected chi connectivity index (χ0v) is 14.7. The second kappa shape index (κ2) is 7.88. The van der Waals surface area contributed by atoms with Crippen LogP contribution >= 0.6 is 0 Å². The van der Waals surface area contributed by atoms with E-state index in [9.17, 15) is 23.8 Å². The maximum atomic E-state index is 14.8. The molecule has 3 rings (SSSR count). The summed E-state index contributed by atoms with van der Waals surface area (Å²) in [6.45, 7) is 1.41. The highest BCUT2D eigenvalue weighted by atomic mass is 19.1. The number of rotatable bonds is 4. The van der Waals surface area contributed by atoms with Gasteiger partial charge in [0.15, 0.2) is 0 Å². The molecule has 0 radical (unpaired) electrons. The van der Waals surface area contributed by atoms with E-state index >= 15 is 0 Å². The van der Waals surface area contributed by atoms with Crippen molar-refractivity contribution in [3.05, 3.63) is 35.4 Å². The summed E-state index contributed by atoms with van der Waals surface area (Å²) >= 11 is 0. The highest BCUT2D eigenvalue weighted by Crippen LogP contribution is 2.47. The Labute approximate surface area is 151 Å². The molecule has 0 aromatic heterocycles. The quantitative estimate of drug-likeness (QED) is 0.659. The Hall–Kier alpha value is -1.73. The first-order chi connectivity index (χ1) is 12.4. The lowest BCUT2D eigenvalue weighted by Gasteiger charge is -2.50.